The number of hydrogen-bond donors (Lipinski definition) is 2. The molecule has 2 N–H and O–H groups in total. The van der Waals surface area contributed by atoms with Gasteiger partial charge in [0.25, 0.3) is 0 Å². The quantitative estimate of drug-likeness (QED) is 0.135. The molecule has 3 atom stereocenters. The average Bonchev–Trinajstić information content (AvgIpc) is 3.70. The Kier molecular flexibility index (Phi) is 12.0. The Morgan fingerprint density at radius 3 is 1.91 bits per heavy atom. The maximum Gasteiger partial charge on any atom is 0.119 e. The Balaban J connectivity index is 2.08. The molecule has 0 fully saturated rings. The number of para-hydroxylation sites is 1. The molecule has 45 heavy (non-hydrogen) atoms. The molecule has 4 nitrogen and oxygen atoms in total. The number of aromatic hydroxyl groups is 2. The molecule has 0 bridgehead atoms. The van der Waals surface area contributed by atoms with Crippen molar-refractivity contribution in [1.29, 1.82) is 0 Å². The number of nitrogens with zero attached hydrogens (tertiary/aromatic N) is 2. The molecule has 0 aliphatic heterocycles. The second-order valence-corrected chi connectivity index (χ2v) is 15.6. The van der Waals surface area contributed by atoms with Gasteiger partial charge in [0.2, 0.25) is 0 Å². The average molecular weight is 647 g/mol. The van der Waals surface area contributed by atoms with Gasteiger partial charge in [0.15, 0.2) is 0 Å². The Morgan fingerprint density at radius 1 is 0.711 bits per heavy atom. The van der Waals surface area contributed by atoms with Crippen LogP contribution in [0.4, 0.5) is 0 Å². The standard InChI is InChI=1S/C39H54N2O2S2/c1-26(2)40(27(3)4)21-20-39(38-17-13-23-45-38,33-24-30(9)18-19-35(33)43)37(41(28(5)6)29(7)8)25-32(36-16-12-22-44-36)31-14-10-11-15-34(31)42/h10-19,22-24,26-29,32,37,42-43H,20-21,25H2,1-9H3. The summed E-state index contributed by atoms with van der Waals surface area (Å²) in [6, 6.07) is 24.0. The lowest BCUT2D eigenvalue weighted by Crippen LogP contribution is -2.57. The number of thiophene rings is 2. The number of hydrogen-bond acceptors (Lipinski definition) is 6. The van der Waals surface area contributed by atoms with E-state index in [0.717, 1.165) is 36.1 Å². The molecule has 0 amide bonds. The molecule has 2 heterocycles. The van der Waals surface area contributed by atoms with E-state index < -0.39 is 5.41 Å². The van der Waals surface area contributed by atoms with Gasteiger partial charge in [-0.25, -0.2) is 0 Å². The minimum absolute atomic E-state index is 0.00303. The van der Waals surface area contributed by atoms with Crippen LogP contribution in [0.15, 0.2) is 77.5 Å². The molecule has 3 unspecified atom stereocenters. The van der Waals surface area contributed by atoms with Crippen LogP contribution in [0, 0.1) is 6.92 Å². The SMILES string of the molecule is Cc1ccc(O)c(C(CCN(C(C)C)C(C)C)(c2cccs2)C(CC(c2cccs2)c2ccccc2O)N(C(C)C)C(C)C)c1. The van der Waals surface area contributed by atoms with Gasteiger partial charge in [-0.3, -0.25) is 9.80 Å². The highest BCUT2D eigenvalue weighted by Crippen LogP contribution is 2.51. The molecular weight excluding hydrogens is 593 g/mol. The largest absolute Gasteiger partial charge is 0.508 e. The van der Waals surface area contributed by atoms with Gasteiger partial charge < -0.3 is 10.2 Å². The van der Waals surface area contributed by atoms with Crippen LogP contribution in [0.25, 0.3) is 0 Å². The van der Waals surface area contributed by atoms with Crippen molar-refractivity contribution < 1.29 is 10.2 Å². The number of aryl methyl sites for hydroxylation is 1. The minimum atomic E-state index is -0.527. The summed E-state index contributed by atoms with van der Waals surface area (Å²) in [4.78, 5) is 7.78. The summed E-state index contributed by atoms with van der Waals surface area (Å²) in [5, 5.41) is 27.5. The summed E-state index contributed by atoms with van der Waals surface area (Å²) in [6.45, 7) is 21.4. The zero-order valence-electron chi connectivity index (χ0n) is 28.7. The zero-order chi connectivity index (χ0) is 32.9. The molecular formula is C39H54N2O2S2. The van der Waals surface area contributed by atoms with Gasteiger partial charge in [-0.15, -0.1) is 22.7 Å². The van der Waals surface area contributed by atoms with Gasteiger partial charge in [-0.05, 0) is 117 Å². The molecule has 244 valence electrons. The van der Waals surface area contributed by atoms with Crippen molar-refractivity contribution in [1.82, 2.24) is 9.80 Å². The molecule has 0 saturated heterocycles. The first-order valence-electron chi connectivity index (χ1n) is 16.6. The highest BCUT2D eigenvalue weighted by atomic mass is 32.1. The maximum absolute atomic E-state index is 11.9. The monoisotopic (exact) mass is 646 g/mol. The second-order valence-electron chi connectivity index (χ2n) is 13.7. The summed E-state index contributed by atoms with van der Waals surface area (Å²) >= 11 is 3.55. The lowest BCUT2D eigenvalue weighted by molar-refractivity contribution is 0.0485. The number of benzene rings is 2. The summed E-state index contributed by atoms with van der Waals surface area (Å²) in [5.74, 6) is 0.664. The summed E-state index contributed by atoms with van der Waals surface area (Å²) in [7, 11) is 0. The third-order valence-corrected chi connectivity index (χ3v) is 11.5. The van der Waals surface area contributed by atoms with Crippen molar-refractivity contribution in [3.63, 3.8) is 0 Å². The molecule has 0 saturated carbocycles. The van der Waals surface area contributed by atoms with Crippen molar-refractivity contribution in [3.8, 4) is 11.5 Å². The van der Waals surface area contributed by atoms with E-state index in [1.165, 1.54) is 9.75 Å². The van der Waals surface area contributed by atoms with Crippen LogP contribution in [-0.4, -0.2) is 56.8 Å². The molecule has 0 aliphatic carbocycles. The van der Waals surface area contributed by atoms with E-state index in [1.807, 2.05) is 30.3 Å². The molecule has 4 rings (SSSR count). The van der Waals surface area contributed by atoms with Gasteiger partial charge in [0.05, 0.1) is 5.41 Å². The third kappa shape index (κ3) is 7.68. The highest BCUT2D eigenvalue weighted by molar-refractivity contribution is 7.10. The fourth-order valence-corrected chi connectivity index (χ4v) is 9.52. The van der Waals surface area contributed by atoms with Gasteiger partial charge >= 0.3 is 0 Å². The second kappa shape index (κ2) is 15.3. The Morgan fingerprint density at radius 2 is 1.36 bits per heavy atom. The van der Waals surface area contributed by atoms with E-state index >= 15 is 0 Å². The summed E-state index contributed by atoms with van der Waals surface area (Å²) in [6.07, 6.45) is 1.63. The predicted octanol–water partition coefficient (Wildman–Crippen LogP) is 10.0. The van der Waals surface area contributed by atoms with Gasteiger partial charge in [0, 0.05) is 57.0 Å². The molecule has 0 aliphatic rings. The van der Waals surface area contributed by atoms with Crippen molar-refractivity contribution in [3.05, 3.63) is 104 Å². The molecule has 2 aromatic heterocycles. The van der Waals surface area contributed by atoms with Crippen LogP contribution < -0.4 is 0 Å². The Labute approximate surface area is 280 Å². The molecule has 6 heteroatoms. The van der Waals surface area contributed by atoms with E-state index in [1.54, 1.807) is 22.7 Å². The van der Waals surface area contributed by atoms with Crippen LogP contribution in [-0.2, 0) is 5.41 Å². The first kappa shape index (κ1) is 35.2. The van der Waals surface area contributed by atoms with Crippen LogP contribution in [0.1, 0.15) is 101 Å². The molecule has 0 radical (unpaired) electrons. The first-order chi connectivity index (χ1) is 21.4. The van der Waals surface area contributed by atoms with Gasteiger partial charge in [-0.2, -0.15) is 0 Å². The number of phenolic OH excluding ortho intramolecular Hbond substituents is 2. The number of rotatable bonds is 15. The fraction of sp³-hybridized carbons (Fsp3) is 0.487. The lowest BCUT2D eigenvalue weighted by atomic mass is 9.65. The lowest BCUT2D eigenvalue weighted by Gasteiger charge is -2.51. The fourth-order valence-electron chi connectivity index (χ4n) is 7.64. The number of phenols is 2. The summed E-state index contributed by atoms with van der Waals surface area (Å²) in [5.41, 5.74) is 2.57. The summed E-state index contributed by atoms with van der Waals surface area (Å²) < 4.78 is 0. The van der Waals surface area contributed by atoms with Gasteiger partial charge in [0.1, 0.15) is 11.5 Å². The Hall–Kier alpha value is -2.64. The van der Waals surface area contributed by atoms with Crippen LogP contribution in [0.3, 0.4) is 0 Å². The van der Waals surface area contributed by atoms with Gasteiger partial charge in [-0.1, -0.05) is 48.0 Å². The predicted molar refractivity (Wildman–Crippen MR) is 194 cm³/mol. The molecule has 4 aromatic rings. The van der Waals surface area contributed by atoms with Crippen molar-refractivity contribution in [2.75, 3.05) is 6.54 Å². The van der Waals surface area contributed by atoms with Crippen LogP contribution >= 0.6 is 22.7 Å². The topological polar surface area (TPSA) is 46.9 Å². The van der Waals surface area contributed by atoms with Crippen molar-refractivity contribution in [2.24, 2.45) is 0 Å². The van der Waals surface area contributed by atoms with Crippen molar-refractivity contribution >= 4 is 22.7 Å². The first-order valence-corrected chi connectivity index (χ1v) is 18.3. The molecule has 2 aromatic carbocycles. The van der Waals surface area contributed by atoms with E-state index in [9.17, 15) is 10.2 Å². The van der Waals surface area contributed by atoms with Crippen molar-refractivity contribution in [2.45, 2.75) is 117 Å². The van der Waals surface area contributed by atoms with E-state index in [-0.39, 0.29) is 24.0 Å². The smallest absolute Gasteiger partial charge is 0.119 e. The molecule has 0 spiro atoms. The maximum atomic E-state index is 11.9. The normalized spacial score (nSPS) is 15.1. The Bertz CT molecular complexity index is 1450. The van der Waals surface area contributed by atoms with E-state index in [4.69, 9.17) is 0 Å². The van der Waals surface area contributed by atoms with Crippen LogP contribution in [0.5, 0.6) is 11.5 Å². The minimum Gasteiger partial charge on any atom is -0.508 e. The zero-order valence-corrected chi connectivity index (χ0v) is 30.3. The van der Waals surface area contributed by atoms with E-state index in [0.29, 0.717) is 23.6 Å². The van der Waals surface area contributed by atoms with Crippen LogP contribution in [0.2, 0.25) is 0 Å². The highest BCUT2D eigenvalue weighted by Gasteiger charge is 2.49. The van der Waals surface area contributed by atoms with E-state index in [2.05, 4.69) is 119 Å². The third-order valence-electron chi connectivity index (χ3n) is 9.46.